The lowest BCUT2D eigenvalue weighted by Gasteiger charge is -2.18. The van der Waals surface area contributed by atoms with Gasteiger partial charge < -0.3 is 19.9 Å². The van der Waals surface area contributed by atoms with Gasteiger partial charge in [-0.05, 0) is 43.5 Å². The molecule has 0 radical (unpaired) electrons. The van der Waals surface area contributed by atoms with Gasteiger partial charge in [-0.25, -0.2) is 13.4 Å². The van der Waals surface area contributed by atoms with Gasteiger partial charge in [-0.3, -0.25) is 4.79 Å². The van der Waals surface area contributed by atoms with Gasteiger partial charge in [0.2, 0.25) is 10.0 Å². The van der Waals surface area contributed by atoms with Crippen LogP contribution in [0.15, 0.2) is 66.1 Å². The quantitative estimate of drug-likeness (QED) is 0.395. The van der Waals surface area contributed by atoms with E-state index in [4.69, 9.17) is 4.74 Å². The number of hydrogen-bond acceptors (Lipinski definition) is 6. The fourth-order valence-corrected chi connectivity index (χ4v) is 5.68. The number of nitrogens with one attached hydrogen (secondary N) is 2. The van der Waals surface area contributed by atoms with Crippen molar-refractivity contribution in [1.29, 1.82) is 0 Å². The summed E-state index contributed by atoms with van der Waals surface area (Å²) in [5.41, 5.74) is 1.78. The molecular formula is C25H31N5O4S. The molecule has 0 saturated carbocycles. The summed E-state index contributed by atoms with van der Waals surface area (Å²) in [4.78, 5) is 17.1. The van der Waals surface area contributed by atoms with E-state index in [9.17, 15) is 13.2 Å². The molecule has 2 N–H and O–H groups in total. The van der Waals surface area contributed by atoms with Crippen LogP contribution in [0, 0.1) is 0 Å². The third-order valence-electron chi connectivity index (χ3n) is 5.98. The van der Waals surface area contributed by atoms with Crippen molar-refractivity contribution in [3.05, 3.63) is 72.3 Å². The van der Waals surface area contributed by atoms with Crippen LogP contribution >= 0.6 is 0 Å². The minimum atomic E-state index is -3.69. The fraction of sp³-hybridized carbons (Fsp3) is 0.360. The van der Waals surface area contributed by atoms with Gasteiger partial charge in [-0.2, -0.15) is 4.31 Å². The maximum Gasteiger partial charge on any atom is 0.251 e. The normalized spacial score (nSPS) is 14.1. The zero-order valence-corrected chi connectivity index (χ0v) is 20.6. The van der Waals surface area contributed by atoms with Crippen LogP contribution in [0.4, 0.5) is 5.69 Å². The first-order valence-corrected chi connectivity index (χ1v) is 13.2. The number of rotatable bonds is 11. The molecule has 0 bridgehead atoms. The molecule has 10 heteroatoms. The predicted octanol–water partition coefficient (Wildman–Crippen LogP) is 3.11. The summed E-state index contributed by atoms with van der Waals surface area (Å²) in [6.07, 6.45) is 7.73. The van der Waals surface area contributed by atoms with Gasteiger partial charge in [0, 0.05) is 61.9 Å². The lowest BCUT2D eigenvalue weighted by molar-refractivity contribution is 0.0952. The second-order valence-corrected chi connectivity index (χ2v) is 10.4. The molecule has 186 valence electrons. The van der Waals surface area contributed by atoms with Crippen molar-refractivity contribution >= 4 is 21.6 Å². The molecule has 1 aliphatic rings. The summed E-state index contributed by atoms with van der Waals surface area (Å²) < 4.78 is 35.4. The maximum absolute atomic E-state index is 13.3. The predicted molar refractivity (Wildman–Crippen MR) is 134 cm³/mol. The Labute approximate surface area is 206 Å². The monoisotopic (exact) mass is 497 g/mol. The third-order valence-corrected chi connectivity index (χ3v) is 7.86. The van der Waals surface area contributed by atoms with E-state index in [1.54, 1.807) is 31.8 Å². The molecule has 2 heterocycles. The van der Waals surface area contributed by atoms with Crippen molar-refractivity contribution in [2.75, 3.05) is 32.1 Å². The number of methoxy groups -OCH3 is 1. The second-order valence-electron chi connectivity index (χ2n) is 8.43. The number of ether oxygens (including phenoxy) is 1. The van der Waals surface area contributed by atoms with Gasteiger partial charge in [0.1, 0.15) is 5.75 Å². The van der Waals surface area contributed by atoms with E-state index < -0.39 is 10.0 Å². The molecular weight excluding hydrogens is 466 g/mol. The zero-order valence-electron chi connectivity index (χ0n) is 19.8. The van der Waals surface area contributed by atoms with Crippen molar-refractivity contribution in [3.8, 4) is 5.75 Å². The summed E-state index contributed by atoms with van der Waals surface area (Å²) in [5, 5.41) is 6.17. The molecule has 3 aromatic rings. The molecule has 1 aromatic heterocycles. The van der Waals surface area contributed by atoms with Crippen molar-refractivity contribution in [2.24, 2.45) is 0 Å². The van der Waals surface area contributed by atoms with Crippen LogP contribution < -0.4 is 15.4 Å². The highest BCUT2D eigenvalue weighted by molar-refractivity contribution is 7.89. The third kappa shape index (κ3) is 6.20. The highest BCUT2D eigenvalue weighted by atomic mass is 32.2. The average molecular weight is 498 g/mol. The molecule has 2 aromatic carbocycles. The van der Waals surface area contributed by atoms with Gasteiger partial charge >= 0.3 is 0 Å². The van der Waals surface area contributed by atoms with Crippen LogP contribution in [0.5, 0.6) is 5.75 Å². The van der Waals surface area contributed by atoms with E-state index in [-0.39, 0.29) is 10.8 Å². The molecule has 0 atom stereocenters. The largest absolute Gasteiger partial charge is 0.496 e. The van der Waals surface area contributed by atoms with Gasteiger partial charge in [0.25, 0.3) is 5.91 Å². The number of aromatic nitrogens is 2. The first-order chi connectivity index (χ1) is 17.0. The van der Waals surface area contributed by atoms with E-state index >= 15 is 0 Å². The summed E-state index contributed by atoms with van der Waals surface area (Å²) in [6.45, 7) is 2.61. The minimum absolute atomic E-state index is 0.119. The number of carbonyl (C=O) groups excluding carboxylic acids is 1. The number of nitrogens with zero attached hydrogens (tertiary/aromatic N) is 3. The summed E-state index contributed by atoms with van der Waals surface area (Å²) in [7, 11) is -2.08. The number of aryl methyl sites for hydroxylation is 1. The van der Waals surface area contributed by atoms with E-state index in [2.05, 4.69) is 15.6 Å². The fourth-order valence-electron chi connectivity index (χ4n) is 4.09. The van der Waals surface area contributed by atoms with E-state index in [1.165, 1.54) is 10.4 Å². The van der Waals surface area contributed by atoms with Gasteiger partial charge in [0.05, 0.1) is 18.3 Å². The first-order valence-electron chi connectivity index (χ1n) is 11.7. The Bertz CT molecular complexity index is 1240. The Morgan fingerprint density at radius 2 is 1.94 bits per heavy atom. The van der Waals surface area contributed by atoms with Crippen LogP contribution in [0.1, 0.15) is 35.2 Å². The van der Waals surface area contributed by atoms with Crippen molar-refractivity contribution in [3.63, 3.8) is 0 Å². The number of carbonyl (C=O) groups is 1. The number of para-hydroxylation sites is 1. The van der Waals surface area contributed by atoms with Crippen LogP contribution in [-0.4, -0.2) is 54.9 Å². The minimum Gasteiger partial charge on any atom is -0.496 e. The Kier molecular flexibility index (Phi) is 8.04. The number of benzene rings is 2. The highest BCUT2D eigenvalue weighted by Gasteiger charge is 2.28. The number of amides is 1. The number of imidazole rings is 1. The lowest BCUT2D eigenvalue weighted by Crippen LogP contribution is -2.29. The summed E-state index contributed by atoms with van der Waals surface area (Å²) >= 11 is 0. The summed E-state index contributed by atoms with van der Waals surface area (Å²) in [5.74, 6) is 0.422. The van der Waals surface area contributed by atoms with Crippen molar-refractivity contribution in [1.82, 2.24) is 19.2 Å². The zero-order chi connectivity index (χ0) is 24.7. The molecule has 1 fully saturated rings. The van der Waals surface area contributed by atoms with E-state index in [0.717, 1.165) is 37.1 Å². The molecule has 1 aliphatic heterocycles. The van der Waals surface area contributed by atoms with E-state index in [0.29, 0.717) is 37.4 Å². The molecule has 0 spiro atoms. The number of anilines is 1. The SMILES string of the molecule is COc1ccccc1CNc1cc(C(=O)NCCCn2ccnc2)cc(S(=O)(=O)N2CCCC2)c1. The molecule has 0 aliphatic carbocycles. The van der Waals surface area contributed by atoms with Gasteiger partial charge in [0.15, 0.2) is 0 Å². The molecule has 1 saturated heterocycles. The maximum atomic E-state index is 13.3. The Morgan fingerprint density at radius 1 is 1.14 bits per heavy atom. The standard InChI is InChI=1S/C25H31N5O4S/c1-34-24-8-3-2-7-20(24)18-28-22-15-21(25(31)27-9-6-11-29-14-10-26-19-29)16-23(17-22)35(32,33)30-12-4-5-13-30/h2-3,7-8,10,14-17,19,28H,4-6,9,11-13,18H2,1H3,(H,27,31). The molecule has 9 nitrogen and oxygen atoms in total. The summed E-state index contributed by atoms with van der Waals surface area (Å²) in [6, 6.07) is 12.4. The molecule has 35 heavy (non-hydrogen) atoms. The van der Waals surface area contributed by atoms with Crippen LogP contribution in [0.25, 0.3) is 0 Å². The lowest BCUT2D eigenvalue weighted by atomic mass is 10.1. The Balaban J connectivity index is 1.52. The number of hydrogen-bond donors (Lipinski definition) is 2. The average Bonchev–Trinajstić information content (AvgIpc) is 3.60. The van der Waals surface area contributed by atoms with Crippen molar-refractivity contribution < 1.29 is 17.9 Å². The molecule has 1 amide bonds. The van der Waals surface area contributed by atoms with Gasteiger partial charge in [-0.1, -0.05) is 18.2 Å². The Hall–Kier alpha value is -3.37. The van der Waals surface area contributed by atoms with Crippen LogP contribution in [-0.2, 0) is 23.1 Å². The van der Waals surface area contributed by atoms with Gasteiger partial charge in [-0.15, -0.1) is 0 Å². The first kappa shape index (κ1) is 24.7. The second kappa shape index (κ2) is 11.4. The van der Waals surface area contributed by atoms with E-state index in [1.807, 2.05) is 35.0 Å². The topological polar surface area (TPSA) is 106 Å². The number of sulfonamides is 1. The molecule has 4 rings (SSSR count). The highest BCUT2D eigenvalue weighted by Crippen LogP contribution is 2.26. The van der Waals surface area contributed by atoms with Crippen LogP contribution in [0.3, 0.4) is 0 Å². The molecule has 0 unspecified atom stereocenters. The van der Waals surface area contributed by atoms with Crippen molar-refractivity contribution in [2.45, 2.75) is 37.2 Å². The smallest absolute Gasteiger partial charge is 0.251 e. The van der Waals surface area contributed by atoms with Crippen LogP contribution in [0.2, 0.25) is 0 Å². The Morgan fingerprint density at radius 3 is 2.69 bits per heavy atom.